The molecule has 0 saturated carbocycles. The van der Waals surface area contributed by atoms with Crippen LogP contribution in [0, 0.1) is 20.8 Å². The number of rotatable bonds is 6. The Morgan fingerprint density at radius 1 is 0.970 bits per heavy atom. The van der Waals surface area contributed by atoms with Gasteiger partial charge in [-0.05, 0) is 73.9 Å². The van der Waals surface area contributed by atoms with E-state index in [1.165, 1.54) is 11.6 Å². The lowest BCUT2D eigenvalue weighted by atomic mass is 9.99. The maximum atomic E-state index is 12.3. The molecular formula is C27H26N4O2. The number of hydrogen-bond donors (Lipinski definition) is 2. The van der Waals surface area contributed by atoms with Gasteiger partial charge in [-0.15, -0.1) is 5.10 Å². The van der Waals surface area contributed by atoms with Gasteiger partial charge >= 0.3 is 0 Å². The number of benzene rings is 3. The third-order valence-corrected chi connectivity index (χ3v) is 5.50. The molecule has 6 heteroatoms. The van der Waals surface area contributed by atoms with Gasteiger partial charge < -0.3 is 10.4 Å². The zero-order valence-electron chi connectivity index (χ0n) is 18.9. The fourth-order valence-electron chi connectivity index (χ4n) is 3.61. The van der Waals surface area contributed by atoms with E-state index in [1.807, 2.05) is 75.4 Å². The lowest BCUT2D eigenvalue weighted by Crippen LogP contribution is -2.10. The number of aliphatic hydroxyl groups is 1. The van der Waals surface area contributed by atoms with E-state index < -0.39 is 0 Å². The number of allylic oxidation sites excluding steroid dienone is 1. The van der Waals surface area contributed by atoms with Crippen LogP contribution >= 0.6 is 0 Å². The summed E-state index contributed by atoms with van der Waals surface area (Å²) in [7, 11) is 0. The maximum absolute atomic E-state index is 12.3. The molecular weight excluding hydrogens is 412 g/mol. The van der Waals surface area contributed by atoms with Crippen LogP contribution in [0.4, 0.5) is 5.69 Å². The van der Waals surface area contributed by atoms with Gasteiger partial charge in [-0.25, -0.2) is 9.67 Å². The Morgan fingerprint density at radius 2 is 1.64 bits per heavy atom. The standard InChI is InChI=1S/C27H26N4O2/c1-18-7-13-23(14-8-18)31-17-28-27(30-31)21-9-11-22(12-10-21)29-26(33)16-24(32)15-25-19(2)5-4-6-20(25)3/h4-14,16-17,32H,15H2,1-3H3,(H,29,33)/b24-16-. The minimum atomic E-state index is -0.381. The largest absolute Gasteiger partial charge is 0.512 e. The highest BCUT2D eigenvalue weighted by molar-refractivity contribution is 5.99. The second-order valence-corrected chi connectivity index (χ2v) is 8.10. The molecule has 2 N–H and O–H groups in total. The average molecular weight is 439 g/mol. The molecule has 0 atom stereocenters. The molecule has 3 aromatic carbocycles. The summed E-state index contributed by atoms with van der Waals surface area (Å²) >= 11 is 0. The van der Waals surface area contributed by atoms with Crippen molar-refractivity contribution in [3.8, 4) is 17.1 Å². The summed E-state index contributed by atoms with van der Waals surface area (Å²) < 4.78 is 1.73. The van der Waals surface area contributed by atoms with Crippen molar-refractivity contribution in [2.75, 3.05) is 5.32 Å². The van der Waals surface area contributed by atoms with Crippen LogP contribution < -0.4 is 5.32 Å². The SMILES string of the molecule is Cc1ccc(-n2cnc(-c3ccc(NC(=O)/C=C(\O)Cc4c(C)cccc4C)cc3)n2)cc1. The quantitative estimate of drug-likeness (QED) is 0.308. The predicted molar refractivity (Wildman–Crippen MR) is 130 cm³/mol. The number of anilines is 1. The Balaban J connectivity index is 1.41. The molecule has 1 heterocycles. The minimum Gasteiger partial charge on any atom is -0.512 e. The summed E-state index contributed by atoms with van der Waals surface area (Å²) in [6, 6.07) is 21.3. The summed E-state index contributed by atoms with van der Waals surface area (Å²) in [6.07, 6.45) is 3.23. The number of hydrogen-bond acceptors (Lipinski definition) is 4. The van der Waals surface area contributed by atoms with Gasteiger partial charge in [-0.3, -0.25) is 4.79 Å². The van der Waals surface area contributed by atoms with E-state index >= 15 is 0 Å². The van der Waals surface area contributed by atoms with E-state index in [2.05, 4.69) is 15.4 Å². The molecule has 1 aromatic heterocycles. The average Bonchev–Trinajstić information content (AvgIpc) is 3.27. The molecule has 0 fully saturated rings. The third-order valence-electron chi connectivity index (χ3n) is 5.50. The van der Waals surface area contributed by atoms with E-state index in [4.69, 9.17) is 0 Å². The van der Waals surface area contributed by atoms with Crippen LogP contribution in [0.2, 0.25) is 0 Å². The van der Waals surface area contributed by atoms with Gasteiger partial charge in [0.25, 0.3) is 5.91 Å². The first-order valence-electron chi connectivity index (χ1n) is 10.7. The van der Waals surface area contributed by atoms with Crippen molar-refractivity contribution in [2.45, 2.75) is 27.2 Å². The van der Waals surface area contributed by atoms with Gasteiger partial charge in [-0.1, -0.05) is 35.9 Å². The molecule has 0 saturated heterocycles. The van der Waals surface area contributed by atoms with Gasteiger partial charge in [0, 0.05) is 23.7 Å². The number of amides is 1. The zero-order chi connectivity index (χ0) is 23.4. The number of aryl methyl sites for hydroxylation is 3. The predicted octanol–water partition coefficient (Wildman–Crippen LogP) is 5.48. The molecule has 0 radical (unpaired) electrons. The molecule has 0 unspecified atom stereocenters. The molecule has 4 rings (SSSR count). The normalized spacial score (nSPS) is 11.4. The van der Waals surface area contributed by atoms with E-state index in [9.17, 15) is 9.90 Å². The highest BCUT2D eigenvalue weighted by Gasteiger charge is 2.09. The molecule has 4 aromatic rings. The van der Waals surface area contributed by atoms with Crippen molar-refractivity contribution in [1.29, 1.82) is 0 Å². The topological polar surface area (TPSA) is 80.0 Å². The second kappa shape index (κ2) is 9.53. The molecule has 33 heavy (non-hydrogen) atoms. The molecule has 0 aliphatic carbocycles. The summed E-state index contributed by atoms with van der Waals surface area (Å²) in [5.74, 6) is 0.236. The molecule has 166 valence electrons. The number of aromatic nitrogens is 3. The van der Waals surface area contributed by atoms with E-state index in [1.54, 1.807) is 23.1 Å². The van der Waals surface area contributed by atoms with Crippen LogP contribution in [0.3, 0.4) is 0 Å². The fourth-order valence-corrected chi connectivity index (χ4v) is 3.61. The first-order chi connectivity index (χ1) is 15.9. The van der Waals surface area contributed by atoms with Crippen molar-refractivity contribution < 1.29 is 9.90 Å². The van der Waals surface area contributed by atoms with E-state index in [0.29, 0.717) is 17.9 Å². The van der Waals surface area contributed by atoms with Gasteiger partial charge in [0.05, 0.1) is 5.69 Å². The Morgan fingerprint density at radius 3 is 2.30 bits per heavy atom. The van der Waals surface area contributed by atoms with Crippen molar-refractivity contribution in [1.82, 2.24) is 14.8 Å². The number of carbonyl (C=O) groups excluding carboxylic acids is 1. The summed E-state index contributed by atoms with van der Waals surface area (Å²) in [4.78, 5) is 16.7. The van der Waals surface area contributed by atoms with Gasteiger partial charge in [0.1, 0.15) is 12.1 Å². The molecule has 0 bridgehead atoms. The molecule has 0 aliphatic heterocycles. The van der Waals surface area contributed by atoms with Crippen LogP contribution in [-0.2, 0) is 11.2 Å². The summed E-state index contributed by atoms with van der Waals surface area (Å²) in [6.45, 7) is 6.03. The third kappa shape index (κ3) is 5.36. The van der Waals surface area contributed by atoms with Crippen LogP contribution in [0.15, 0.2) is 84.9 Å². The molecule has 6 nitrogen and oxygen atoms in total. The molecule has 0 aliphatic rings. The second-order valence-electron chi connectivity index (χ2n) is 8.10. The number of carbonyl (C=O) groups is 1. The maximum Gasteiger partial charge on any atom is 0.251 e. The van der Waals surface area contributed by atoms with Gasteiger partial charge in [-0.2, -0.15) is 0 Å². The van der Waals surface area contributed by atoms with E-state index in [0.717, 1.165) is 27.9 Å². The highest BCUT2D eigenvalue weighted by atomic mass is 16.3. The lowest BCUT2D eigenvalue weighted by molar-refractivity contribution is -0.112. The first-order valence-corrected chi connectivity index (χ1v) is 10.7. The Hall–Kier alpha value is -4.19. The summed E-state index contributed by atoms with van der Waals surface area (Å²) in [5.41, 5.74) is 6.79. The van der Waals surface area contributed by atoms with E-state index in [-0.39, 0.29) is 11.7 Å². The van der Waals surface area contributed by atoms with Crippen molar-refractivity contribution in [3.63, 3.8) is 0 Å². The highest BCUT2D eigenvalue weighted by Crippen LogP contribution is 2.20. The van der Waals surface area contributed by atoms with Crippen LogP contribution in [0.1, 0.15) is 22.3 Å². The Kier molecular flexibility index (Phi) is 6.36. The minimum absolute atomic E-state index is 0.0207. The van der Waals surface area contributed by atoms with Gasteiger partial charge in [0.15, 0.2) is 5.82 Å². The van der Waals surface area contributed by atoms with Crippen molar-refractivity contribution >= 4 is 11.6 Å². The number of nitrogens with one attached hydrogen (secondary N) is 1. The van der Waals surface area contributed by atoms with Crippen LogP contribution in [-0.4, -0.2) is 25.8 Å². The Bertz CT molecular complexity index is 1280. The number of aliphatic hydroxyl groups excluding tert-OH is 1. The number of nitrogens with zero attached hydrogens (tertiary/aromatic N) is 3. The smallest absolute Gasteiger partial charge is 0.251 e. The first kappa shape index (κ1) is 22.0. The fraction of sp³-hybridized carbons (Fsp3) is 0.148. The van der Waals surface area contributed by atoms with Crippen molar-refractivity contribution in [3.05, 3.63) is 107 Å². The lowest BCUT2D eigenvalue weighted by Gasteiger charge is -2.09. The summed E-state index contributed by atoms with van der Waals surface area (Å²) in [5, 5.41) is 17.6. The zero-order valence-corrected chi connectivity index (χ0v) is 18.9. The molecule has 0 spiro atoms. The monoisotopic (exact) mass is 438 g/mol. The van der Waals surface area contributed by atoms with Crippen molar-refractivity contribution in [2.24, 2.45) is 0 Å². The van der Waals surface area contributed by atoms with Crippen LogP contribution in [0.5, 0.6) is 0 Å². The Labute approximate surface area is 193 Å². The van der Waals surface area contributed by atoms with Crippen LogP contribution in [0.25, 0.3) is 17.1 Å². The molecule has 1 amide bonds. The van der Waals surface area contributed by atoms with Gasteiger partial charge in [0.2, 0.25) is 0 Å².